The summed E-state index contributed by atoms with van der Waals surface area (Å²) in [4.78, 5) is 30.0. The Hall–Kier alpha value is -1.44. The number of hydrogen-bond donors (Lipinski definition) is 0. The molecule has 0 aliphatic carbocycles. The Labute approximate surface area is 156 Å². The molecule has 0 amide bonds. The van der Waals surface area contributed by atoms with E-state index in [4.69, 9.17) is 14.3 Å². The van der Waals surface area contributed by atoms with Crippen LogP contribution in [0.2, 0.25) is 0 Å². The maximum atomic E-state index is 12.6. The zero-order chi connectivity index (χ0) is 18.6. The SMILES string of the molecule is COC(=O)C1(OC(=O)Cc2c(C)cc(C)cc2Br)CCN(OC)CC1. The highest BCUT2D eigenvalue weighted by atomic mass is 79.9. The smallest absolute Gasteiger partial charge is 0.350 e. The van der Waals surface area contributed by atoms with Crippen LogP contribution in [0.25, 0.3) is 0 Å². The van der Waals surface area contributed by atoms with Crippen molar-refractivity contribution in [1.29, 1.82) is 0 Å². The molecule has 0 aromatic heterocycles. The van der Waals surface area contributed by atoms with Crippen LogP contribution in [0, 0.1) is 13.8 Å². The van der Waals surface area contributed by atoms with Gasteiger partial charge < -0.3 is 14.3 Å². The summed E-state index contributed by atoms with van der Waals surface area (Å²) < 4.78 is 11.4. The molecule has 2 rings (SSSR count). The van der Waals surface area contributed by atoms with Gasteiger partial charge in [-0.3, -0.25) is 4.79 Å². The van der Waals surface area contributed by atoms with E-state index in [1.54, 1.807) is 12.2 Å². The second-order valence-electron chi connectivity index (χ2n) is 6.29. The minimum Gasteiger partial charge on any atom is -0.466 e. The number of methoxy groups -OCH3 is 1. The van der Waals surface area contributed by atoms with Crippen LogP contribution in [-0.2, 0) is 30.3 Å². The molecule has 1 heterocycles. The van der Waals surface area contributed by atoms with Crippen molar-refractivity contribution in [2.24, 2.45) is 0 Å². The minimum absolute atomic E-state index is 0.0967. The summed E-state index contributed by atoms with van der Waals surface area (Å²) in [5.41, 5.74) is 1.74. The standard InChI is InChI=1S/C18H24BrNO5/c1-12-9-13(2)14(15(19)10-12)11-16(21)25-18(17(22)23-3)5-7-20(24-4)8-6-18/h9-10H,5-8,11H2,1-4H3. The van der Waals surface area contributed by atoms with Crippen LogP contribution >= 0.6 is 15.9 Å². The number of esters is 2. The molecule has 1 aliphatic rings. The van der Waals surface area contributed by atoms with E-state index in [1.165, 1.54) is 7.11 Å². The number of halogens is 1. The van der Waals surface area contributed by atoms with Crippen molar-refractivity contribution in [2.45, 2.75) is 38.7 Å². The van der Waals surface area contributed by atoms with Gasteiger partial charge in [0.25, 0.3) is 0 Å². The first-order chi connectivity index (χ1) is 11.8. The molecule has 1 aromatic rings. The number of piperidine rings is 1. The van der Waals surface area contributed by atoms with E-state index in [0.717, 1.165) is 21.2 Å². The lowest BCUT2D eigenvalue weighted by Gasteiger charge is -2.37. The molecule has 1 aromatic carbocycles. The maximum Gasteiger partial charge on any atom is 0.350 e. The molecule has 0 saturated carbocycles. The van der Waals surface area contributed by atoms with Crippen LogP contribution < -0.4 is 0 Å². The average Bonchev–Trinajstić information content (AvgIpc) is 2.58. The lowest BCUT2D eigenvalue weighted by Crippen LogP contribution is -2.52. The van der Waals surface area contributed by atoms with Gasteiger partial charge in [-0.2, -0.15) is 5.06 Å². The summed E-state index contributed by atoms with van der Waals surface area (Å²) in [5, 5.41) is 1.73. The Morgan fingerprint density at radius 1 is 1.20 bits per heavy atom. The van der Waals surface area contributed by atoms with E-state index >= 15 is 0 Å². The molecule has 6 nitrogen and oxygen atoms in total. The van der Waals surface area contributed by atoms with Crippen molar-refractivity contribution in [1.82, 2.24) is 5.06 Å². The van der Waals surface area contributed by atoms with Crippen molar-refractivity contribution in [3.8, 4) is 0 Å². The fraction of sp³-hybridized carbons (Fsp3) is 0.556. The molecule has 1 fully saturated rings. The second-order valence-corrected chi connectivity index (χ2v) is 7.14. The first kappa shape index (κ1) is 19.9. The molecule has 7 heteroatoms. The number of benzene rings is 1. The number of carbonyl (C=O) groups excluding carboxylic acids is 2. The normalized spacial score (nSPS) is 17.2. The Balaban J connectivity index is 2.14. The monoisotopic (exact) mass is 413 g/mol. The number of rotatable bonds is 5. The number of carbonyl (C=O) groups is 2. The lowest BCUT2D eigenvalue weighted by molar-refractivity contribution is -0.205. The second kappa shape index (κ2) is 8.29. The first-order valence-corrected chi connectivity index (χ1v) is 8.95. The van der Waals surface area contributed by atoms with Gasteiger partial charge >= 0.3 is 11.9 Å². The van der Waals surface area contributed by atoms with Crippen molar-refractivity contribution in [3.05, 3.63) is 33.3 Å². The van der Waals surface area contributed by atoms with Crippen LogP contribution in [-0.4, -0.2) is 49.9 Å². The summed E-state index contributed by atoms with van der Waals surface area (Å²) in [6.45, 7) is 4.93. The summed E-state index contributed by atoms with van der Waals surface area (Å²) >= 11 is 3.50. The van der Waals surface area contributed by atoms with E-state index < -0.39 is 17.5 Å². The third-order valence-corrected chi connectivity index (χ3v) is 5.25. The van der Waals surface area contributed by atoms with E-state index in [1.807, 2.05) is 26.0 Å². The largest absolute Gasteiger partial charge is 0.466 e. The fourth-order valence-electron chi connectivity index (χ4n) is 3.13. The van der Waals surface area contributed by atoms with Gasteiger partial charge in [-0.1, -0.05) is 22.0 Å². The number of ether oxygens (including phenoxy) is 2. The van der Waals surface area contributed by atoms with Crippen molar-refractivity contribution in [3.63, 3.8) is 0 Å². The molecule has 0 radical (unpaired) electrons. The van der Waals surface area contributed by atoms with E-state index in [-0.39, 0.29) is 6.42 Å². The molecule has 0 atom stereocenters. The lowest BCUT2D eigenvalue weighted by atomic mass is 9.91. The zero-order valence-corrected chi connectivity index (χ0v) is 16.6. The first-order valence-electron chi connectivity index (χ1n) is 8.16. The molecule has 0 bridgehead atoms. The highest BCUT2D eigenvalue weighted by molar-refractivity contribution is 9.10. The van der Waals surface area contributed by atoms with Gasteiger partial charge in [-0.15, -0.1) is 0 Å². The number of aryl methyl sites for hydroxylation is 2. The summed E-state index contributed by atoms with van der Waals surface area (Å²) in [7, 11) is 2.89. The van der Waals surface area contributed by atoms with E-state index in [0.29, 0.717) is 25.9 Å². The molecule has 0 N–H and O–H groups in total. The minimum atomic E-state index is -1.24. The molecule has 0 spiro atoms. The Kier molecular flexibility index (Phi) is 6.59. The van der Waals surface area contributed by atoms with Crippen LogP contribution in [0.1, 0.15) is 29.5 Å². The third kappa shape index (κ3) is 4.59. The van der Waals surface area contributed by atoms with Crippen LogP contribution in [0.3, 0.4) is 0 Å². The molecule has 25 heavy (non-hydrogen) atoms. The van der Waals surface area contributed by atoms with Crippen LogP contribution in [0.4, 0.5) is 0 Å². The van der Waals surface area contributed by atoms with E-state index in [9.17, 15) is 9.59 Å². The van der Waals surface area contributed by atoms with Crippen LogP contribution in [0.5, 0.6) is 0 Å². The number of nitrogens with zero attached hydrogens (tertiary/aromatic N) is 1. The van der Waals surface area contributed by atoms with Gasteiger partial charge in [-0.05, 0) is 36.6 Å². The number of hydrogen-bond acceptors (Lipinski definition) is 6. The van der Waals surface area contributed by atoms with Crippen molar-refractivity contribution < 1.29 is 23.9 Å². The molecular formula is C18H24BrNO5. The molecule has 138 valence electrons. The van der Waals surface area contributed by atoms with E-state index in [2.05, 4.69) is 15.9 Å². The Bertz CT molecular complexity index is 630. The van der Waals surface area contributed by atoms with Crippen molar-refractivity contribution in [2.75, 3.05) is 27.3 Å². The van der Waals surface area contributed by atoms with Gasteiger partial charge in [0.05, 0.1) is 20.6 Å². The van der Waals surface area contributed by atoms with Gasteiger partial charge in [-0.25, -0.2) is 4.79 Å². The fourth-order valence-corrected chi connectivity index (χ4v) is 3.95. The van der Waals surface area contributed by atoms with Gasteiger partial charge in [0.2, 0.25) is 5.60 Å². The average molecular weight is 414 g/mol. The zero-order valence-electron chi connectivity index (χ0n) is 15.1. The predicted molar refractivity (Wildman–Crippen MR) is 96.0 cm³/mol. The highest BCUT2D eigenvalue weighted by Crippen LogP contribution is 2.30. The summed E-state index contributed by atoms with van der Waals surface area (Å²) in [6, 6.07) is 3.98. The van der Waals surface area contributed by atoms with Gasteiger partial charge in [0.15, 0.2) is 0 Å². The van der Waals surface area contributed by atoms with Gasteiger partial charge in [0, 0.05) is 30.4 Å². The molecule has 1 aliphatic heterocycles. The molecule has 0 unspecified atom stereocenters. The van der Waals surface area contributed by atoms with Crippen molar-refractivity contribution >= 4 is 27.9 Å². The highest BCUT2D eigenvalue weighted by Gasteiger charge is 2.46. The molecular weight excluding hydrogens is 390 g/mol. The Morgan fingerprint density at radius 2 is 1.84 bits per heavy atom. The molecule has 1 saturated heterocycles. The third-order valence-electron chi connectivity index (χ3n) is 4.54. The summed E-state index contributed by atoms with van der Waals surface area (Å²) in [6.07, 6.45) is 0.778. The summed E-state index contributed by atoms with van der Waals surface area (Å²) in [5.74, 6) is -0.958. The Morgan fingerprint density at radius 3 is 2.36 bits per heavy atom. The number of hydroxylamine groups is 2. The maximum absolute atomic E-state index is 12.6. The van der Waals surface area contributed by atoms with Crippen LogP contribution in [0.15, 0.2) is 16.6 Å². The van der Waals surface area contributed by atoms with Gasteiger partial charge in [0.1, 0.15) is 0 Å². The predicted octanol–water partition coefficient (Wildman–Crippen LogP) is 2.72. The quantitative estimate of drug-likeness (QED) is 0.691. The topological polar surface area (TPSA) is 65.1 Å².